The third kappa shape index (κ3) is 5.19. The molecular formula is C19H26N6O2S. The Morgan fingerprint density at radius 2 is 1.75 bits per heavy atom. The van der Waals surface area contributed by atoms with Gasteiger partial charge in [0.1, 0.15) is 0 Å². The summed E-state index contributed by atoms with van der Waals surface area (Å²) in [5.41, 5.74) is 0. The Hall–Kier alpha value is -2.68. The van der Waals surface area contributed by atoms with E-state index in [1.165, 1.54) is 0 Å². The van der Waals surface area contributed by atoms with Crippen LogP contribution in [0.5, 0.6) is 0 Å². The van der Waals surface area contributed by atoms with E-state index in [9.17, 15) is 8.42 Å². The molecule has 0 aliphatic carbocycles. The van der Waals surface area contributed by atoms with Crippen molar-refractivity contribution >= 4 is 21.7 Å². The number of anilines is 1. The molecule has 1 aromatic heterocycles. The Morgan fingerprint density at radius 3 is 2.39 bits per heavy atom. The van der Waals surface area contributed by atoms with Crippen LogP contribution >= 0.6 is 0 Å². The summed E-state index contributed by atoms with van der Waals surface area (Å²) in [6, 6.07) is 10.3. The minimum Gasteiger partial charge on any atom is -0.357 e. The fraction of sp³-hybridized carbons (Fsp3) is 0.421. The molecule has 1 aromatic carbocycles. The number of nitrogens with one attached hydrogen (secondary N) is 1. The van der Waals surface area contributed by atoms with Gasteiger partial charge in [-0.25, -0.2) is 18.4 Å². The van der Waals surface area contributed by atoms with E-state index in [2.05, 4.69) is 30.1 Å². The molecule has 0 unspecified atom stereocenters. The van der Waals surface area contributed by atoms with Gasteiger partial charge in [-0.1, -0.05) is 18.2 Å². The van der Waals surface area contributed by atoms with E-state index in [-0.39, 0.29) is 12.3 Å². The molecule has 0 saturated carbocycles. The Balaban J connectivity index is 1.59. The molecule has 0 bridgehead atoms. The van der Waals surface area contributed by atoms with Gasteiger partial charge in [0.25, 0.3) is 0 Å². The minimum atomic E-state index is -3.32. The van der Waals surface area contributed by atoms with Crippen molar-refractivity contribution in [1.29, 1.82) is 0 Å². The number of sulfone groups is 1. The maximum absolute atomic E-state index is 12.4. The van der Waals surface area contributed by atoms with E-state index in [1.54, 1.807) is 48.8 Å². The maximum Gasteiger partial charge on any atom is 0.225 e. The number of rotatable bonds is 6. The highest BCUT2D eigenvalue weighted by Crippen LogP contribution is 2.11. The Labute approximate surface area is 166 Å². The van der Waals surface area contributed by atoms with Gasteiger partial charge in [0.15, 0.2) is 15.8 Å². The molecule has 1 aliphatic rings. The van der Waals surface area contributed by atoms with Gasteiger partial charge in [0.2, 0.25) is 5.95 Å². The second kappa shape index (κ2) is 9.50. The molecule has 1 saturated heterocycles. The van der Waals surface area contributed by atoms with Gasteiger partial charge < -0.3 is 15.1 Å². The molecule has 2 heterocycles. The molecule has 2 aromatic rings. The van der Waals surface area contributed by atoms with Crippen LogP contribution in [0.25, 0.3) is 0 Å². The summed E-state index contributed by atoms with van der Waals surface area (Å²) < 4.78 is 24.8. The highest BCUT2D eigenvalue weighted by molar-refractivity contribution is 7.91. The summed E-state index contributed by atoms with van der Waals surface area (Å²) >= 11 is 0. The van der Waals surface area contributed by atoms with Gasteiger partial charge in [0, 0.05) is 45.1 Å². The molecule has 150 valence electrons. The molecule has 3 rings (SSSR count). The molecule has 9 heteroatoms. The van der Waals surface area contributed by atoms with Crippen LogP contribution in [-0.4, -0.2) is 74.3 Å². The lowest BCUT2D eigenvalue weighted by molar-refractivity contribution is 0.370. The standard InChI is InChI=1S/C19H26N6O2S/c1-2-20-18(23-11-16-28(26,27)17-7-4-3-5-8-17)24-12-14-25(15-13-24)19-21-9-6-10-22-19/h3-10H,2,11-16H2,1H3,(H,20,23). The summed E-state index contributed by atoms with van der Waals surface area (Å²) in [6.07, 6.45) is 3.49. The zero-order chi connectivity index (χ0) is 19.8. The van der Waals surface area contributed by atoms with Crippen LogP contribution in [0, 0.1) is 0 Å². The van der Waals surface area contributed by atoms with Crippen molar-refractivity contribution in [3.8, 4) is 0 Å². The molecular weight excluding hydrogens is 376 g/mol. The van der Waals surface area contributed by atoms with Gasteiger partial charge in [-0.15, -0.1) is 0 Å². The maximum atomic E-state index is 12.4. The minimum absolute atomic E-state index is 0.0102. The van der Waals surface area contributed by atoms with Crippen molar-refractivity contribution < 1.29 is 8.42 Å². The highest BCUT2D eigenvalue weighted by atomic mass is 32.2. The molecule has 1 N–H and O–H groups in total. The lowest BCUT2D eigenvalue weighted by Gasteiger charge is -2.36. The summed E-state index contributed by atoms with van der Waals surface area (Å²) in [5.74, 6) is 1.47. The number of aromatic nitrogens is 2. The SMILES string of the molecule is CCNC(=NCCS(=O)(=O)c1ccccc1)N1CCN(c2ncccn2)CC1. The van der Waals surface area contributed by atoms with Gasteiger partial charge in [-0.2, -0.15) is 0 Å². The van der Waals surface area contributed by atoms with E-state index in [0.29, 0.717) is 4.90 Å². The smallest absolute Gasteiger partial charge is 0.225 e. The van der Waals surface area contributed by atoms with Crippen LogP contribution in [0.2, 0.25) is 0 Å². The molecule has 0 atom stereocenters. The lowest BCUT2D eigenvalue weighted by atomic mass is 10.3. The zero-order valence-electron chi connectivity index (χ0n) is 16.0. The molecule has 1 fully saturated rings. The Bertz CT molecular complexity index is 866. The van der Waals surface area contributed by atoms with E-state index >= 15 is 0 Å². The topological polar surface area (TPSA) is 90.8 Å². The number of hydrogen-bond donors (Lipinski definition) is 1. The largest absolute Gasteiger partial charge is 0.357 e. The average Bonchev–Trinajstić information content (AvgIpc) is 2.74. The van der Waals surface area contributed by atoms with Crippen LogP contribution in [0.3, 0.4) is 0 Å². The number of nitrogens with zero attached hydrogens (tertiary/aromatic N) is 5. The van der Waals surface area contributed by atoms with Crippen molar-refractivity contribution in [1.82, 2.24) is 20.2 Å². The Kier molecular flexibility index (Phi) is 6.80. The van der Waals surface area contributed by atoms with E-state index < -0.39 is 9.84 Å². The molecule has 8 nitrogen and oxygen atoms in total. The monoisotopic (exact) mass is 402 g/mol. The first-order chi connectivity index (χ1) is 13.6. The number of hydrogen-bond acceptors (Lipinski definition) is 6. The summed E-state index contributed by atoms with van der Waals surface area (Å²) in [6.45, 7) is 6.08. The highest BCUT2D eigenvalue weighted by Gasteiger charge is 2.21. The van der Waals surface area contributed by atoms with Crippen molar-refractivity contribution in [2.75, 3.05) is 49.9 Å². The van der Waals surface area contributed by atoms with Crippen molar-refractivity contribution in [3.05, 3.63) is 48.8 Å². The quantitative estimate of drug-likeness (QED) is 0.570. The van der Waals surface area contributed by atoms with Gasteiger partial charge in [0.05, 0.1) is 17.2 Å². The third-order valence-electron chi connectivity index (χ3n) is 4.47. The first-order valence-corrected chi connectivity index (χ1v) is 11.1. The van der Waals surface area contributed by atoms with E-state index in [1.807, 2.05) is 6.92 Å². The van der Waals surface area contributed by atoms with E-state index in [0.717, 1.165) is 44.6 Å². The molecule has 1 aliphatic heterocycles. The number of benzene rings is 1. The average molecular weight is 403 g/mol. The van der Waals surface area contributed by atoms with Crippen LogP contribution < -0.4 is 10.2 Å². The van der Waals surface area contributed by atoms with Crippen LogP contribution in [0.4, 0.5) is 5.95 Å². The van der Waals surface area contributed by atoms with Crippen molar-refractivity contribution in [2.45, 2.75) is 11.8 Å². The van der Waals surface area contributed by atoms with Crippen molar-refractivity contribution in [2.24, 2.45) is 4.99 Å². The normalized spacial score (nSPS) is 15.5. The predicted molar refractivity (Wildman–Crippen MR) is 110 cm³/mol. The molecule has 0 amide bonds. The summed E-state index contributed by atoms with van der Waals surface area (Å²) in [5, 5.41) is 3.26. The van der Waals surface area contributed by atoms with Gasteiger partial charge >= 0.3 is 0 Å². The second-order valence-corrected chi connectivity index (χ2v) is 8.50. The first-order valence-electron chi connectivity index (χ1n) is 9.43. The third-order valence-corrected chi connectivity index (χ3v) is 6.18. The summed E-state index contributed by atoms with van der Waals surface area (Å²) in [7, 11) is -3.32. The van der Waals surface area contributed by atoms with Crippen LogP contribution in [-0.2, 0) is 9.84 Å². The fourth-order valence-electron chi connectivity index (χ4n) is 3.02. The molecule has 0 radical (unpaired) electrons. The van der Waals surface area contributed by atoms with E-state index in [4.69, 9.17) is 0 Å². The number of guanidine groups is 1. The number of piperazine rings is 1. The molecule has 0 spiro atoms. The van der Waals surface area contributed by atoms with Gasteiger partial charge in [-0.3, -0.25) is 4.99 Å². The second-order valence-electron chi connectivity index (χ2n) is 6.39. The van der Waals surface area contributed by atoms with Gasteiger partial charge in [-0.05, 0) is 25.1 Å². The van der Waals surface area contributed by atoms with Crippen molar-refractivity contribution in [3.63, 3.8) is 0 Å². The first kappa shape index (κ1) is 20.1. The number of aliphatic imine (C=N–C) groups is 1. The van der Waals surface area contributed by atoms with Crippen LogP contribution in [0.1, 0.15) is 6.92 Å². The van der Waals surface area contributed by atoms with Crippen LogP contribution in [0.15, 0.2) is 58.7 Å². The Morgan fingerprint density at radius 1 is 1.07 bits per heavy atom. The zero-order valence-corrected chi connectivity index (χ0v) is 16.8. The summed E-state index contributed by atoms with van der Waals surface area (Å²) in [4.78, 5) is 17.8. The lowest BCUT2D eigenvalue weighted by Crippen LogP contribution is -2.53. The molecule has 28 heavy (non-hydrogen) atoms. The predicted octanol–water partition coefficient (Wildman–Crippen LogP) is 1.04. The fourth-order valence-corrected chi connectivity index (χ4v) is 4.16.